The Hall–Kier alpha value is -0.770. The average Bonchev–Trinajstić information content (AvgIpc) is 2.87. The highest BCUT2D eigenvalue weighted by molar-refractivity contribution is 8.00. The van der Waals surface area contributed by atoms with Crippen molar-refractivity contribution in [1.29, 1.82) is 0 Å². The summed E-state index contributed by atoms with van der Waals surface area (Å²) in [7, 11) is 0. The first-order chi connectivity index (χ1) is 9.15. The zero-order chi connectivity index (χ0) is 13.7. The van der Waals surface area contributed by atoms with Crippen LogP contribution in [0.25, 0.3) is 0 Å². The molecule has 1 nitrogen and oxygen atoms in total. The minimum Gasteiger partial charge on any atom is -0.311 e. The van der Waals surface area contributed by atoms with Gasteiger partial charge in [0.05, 0.1) is 0 Å². The second-order valence-corrected chi connectivity index (χ2v) is 7.43. The van der Waals surface area contributed by atoms with Crippen LogP contribution in [-0.2, 0) is 6.54 Å². The van der Waals surface area contributed by atoms with Crippen molar-refractivity contribution in [3.63, 3.8) is 0 Å². The van der Waals surface area contributed by atoms with Gasteiger partial charge in [-0.1, -0.05) is 19.1 Å². The van der Waals surface area contributed by atoms with Crippen molar-refractivity contribution < 1.29 is 0 Å². The molecule has 2 rings (SSSR count). The maximum Gasteiger partial charge on any atom is 0.0300 e. The zero-order valence-electron chi connectivity index (χ0n) is 11.8. The maximum atomic E-state index is 3.52. The van der Waals surface area contributed by atoms with Gasteiger partial charge in [-0.3, -0.25) is 0 Å². The smallest absolute Gasteiger partial charge is 0.0300 e. The van der Waals surface area contributed by atoms with E-state index in [9.17, 15) is 0 Å². The molecule has 1 unspecified atom stereocenters. The molecule has 1 heterocycles. The van der Waals surface area contributed by atoms with Gasteiger partial charge < -0.3 is 5.32 Å². The summed E-state index contributed by atoms with van der Waals surface area (Å²) in [6.07, 6.45) is 0. The van der Waals surface area contributed by atoms with Crippen LogP contribution < -0.4 is 5.32 Å². The van der Waals surface area contributed by atoms with Gasteiger partial charge in [0.25, 0.3) is 0 Å². The Balaban J connectivity index is 1.77. The molecule has 1 N–H and O–H groups in total. The Kier molecular flexibility index (Phi) is 5.49. The van der Waals surface area contributed by atoms with Crippen molar-refractivity contribution in [2.24, 2.45) is 0 Å². The standard InChI is InChI=1S/C16H21NS2/c1-12-6-7-15(9-13(12)2)19-14(3)10-17-11-16-5-4-8-18-16/h4-9,14,17H,10-11H2,1-3H3. The monoisotopic (exact) mass is 291 g/mol. The zero-order valence-corrected chi connectivity index (χ0v) is 13.4. The molecule has 0 radical (unpaired) electrons. The van der Waals surface area contributed by atoms with Gasteiger partial charge in [-0.05, 0) is 48.6 Å². The van der Waals surface area contributed by atoms with E-state index in [2.05, 4.69) is 61.8 Å². The molecule has 3 heteroatoms. The molecule has 0 aliphatic rings. The fourth-order valence-electron chi connectivity index (χ4n) is 1.87. The molecule has 102 valence electrons. The predicted octanol–water partition coefficient (Wildman–Crippen LogP) is 4.64. The molecular weight excluding hydrogens is 270 g/mol. The first-order valence-corrected chi connectivity index (χ1v) is 8.38. The molecule has 0 saturated heterocycles. The summed E-state index contributed by atoms with van der Waals surface area (Å²) >= 11 is 3.76. The molecule has 0 aliphatic heterocycles. The van der Waals surface area contributed by atoms with Crippen molar-refractivity contribution in [2.75, 3.05) is 6.54 Å². The van der Waals surface area contributed by atoms with E-state index in [1.54, 1.807) is 0 Å². The fourth-order valence-corrected chi connectivity index (χ4v) is 3.60. The predicted molar refractivity (Wildman–Crippen MR) is 87.3 cm³/mol. The van der Waals surface area contributed by atoms with Crippen LogP contribution in [0.1, 0.15) is 22.9 Å². The minimum absolute atomic E-state index is 0.585. The van der Waals surface area contributed by atoms with Crippen LogP contribution in [0.4, 0.5) is 0 Å². The van der Waals surface area contributed by atoms with Gasteiger partial charge in [-0.15, -0.1) is 23.1 Å². The van der Waals surface area contributed by atoms with Gasteiger partial charge in [0.2, 0.25) is 0 Å². The Morgan fingerprint density at radius 1 is 1.21 bits per heavy atom. The van der Waals surface area contributed by atoms with Crippen molar-refractivity contribution in [3.8, 4) is 0 Å². The molecule has 0 aliphatic carbocycles. The fraction of sp³-hybridized carbons (Fsp3) is 0.375. The Labute approximate surface area is 124 Å². The normalized spacial score (nSPS) is 12.6. The summed E-state index contributed by atoms with van der Waals surface area (Å²) in [4.78, 5) is 2.77. The van der Waals surface area contributed by atoms with E-state index in [-0.39, 0.29) is 0 Å². The largest absolute Gasteiger partial charge is 0.311 e. The van der Waals surface area contributed by atoms with E-state index >= 15 is 0 Å². The summed E-state index contributed by atoms with van der Waals surface area (Å²) < 4.78 is 0. The number of rotatable bonds is 6. The summed E-state index contributed by atoms with van der Waals surface area (Å²) in [5.74, 6) is 0. The first kappa shape index (κ1) is 14.6. The van der Waals surface area contributed by atoms with Gasteiger partial charge >= 0.3 is 0 Å². The number of aryl methyl sites for hydroxylation is 2. The van der Waals surface area contributed by atoms with E-state index in [4.69, 9.17) is 0 Å². The van der Waals surface area contributed by atoms with E-state index in [0.29, 0.717) is 5.25 Å². The first-order valence-electron chi connectivity index (χ1n) is 6.62. The van der Waals surface area contributed by atoms with Crippen LogP contribution in [0.2, 0.25) is 0 Å². The Morgan fingerprint density at radius 3 is 2.74 bits per heavy atom. The molecule has 0 spiro atoms. The van der Waals surface area contributed by atoms with Crippen molar-refractivity contribution >= 4 is 23.1 Å². The molecule has 0 amide bonds. The lowest BCUT2D eigenvalue weighted by Crippen LogP contribution is -2.21. The van der Waals surface area contributed by atoms with Gasteiger partial charge in [0.1, 0.15) is 0 Å². The quantitative estimate of drug-likeness (QED) is 0.778. The third kappa shape index (κ3) is 4.68. The van der Waals surface area contributed by atoms with E-state index in [1.807, 2.05) is 23.1 Å². The summed E-state index contributed by atoms with van der Waals surface area (Å²) in [6.45, 7) is 8.64. The number of thiophene rings is 1. The Bertz CT molecular complexity index is 505. The third-order valence-corrected chi connectivity index (χ3v) is 5.10. The van der Waals surface area contributed by atoms with E-state index < -0.39 is 0 Å². The lowest BCUT2D eigenvalue weighted by molar-refractivity contribution is 0.690. The lowest BCUT2D eigenvalue weighted by atomic mass is 10.1. The second kappa shape index (κ2) is 7.13. The third-order valence-electron chi connectivity index (χ3n) is 3.13. The van der Waals surface area contributed by atoms with Gasteiger partial charge in [0, 0.05) is 28.1 Å². The van der Waals surface area contributed by atoms with Crippen molar-refractivity contribution in [2.45, 2.75) is 37.5 Å². The highest BCUT2D eigenvalue weighted by atomic mass is 32.2. The SMILES string of the molecule is Cc1ccc(SC(C)CNCc2cccs2)cc1C. The highest BCUT2D eigenvalue weighted by Crippen LogP contribution is 2.25. The molecule has 0 bridgehead atoms. The molecule has 0 saturated carbocycles. The summed E-state index contributed by atoms with van der Waals surface area (Å²) in [6, 6.07) is 11.0. The molecular formula is C16H21NS2. The second-order valence-electron chi connectivity index (χ2n) is 4.88. The van der Waals surface area contributed by atoms with Gasteiger partial charge in [-0.25, -0.2) is 0 Å². The van der Waals surface area contributed by atoms with Crippen LogP contribution in [-0.4, -0.2) is 11.8 Å². The summed E-state index contributed by atoms with van der Waals surface area (Å²) in [5, 5.41) is 6.24. The highest BCUT2D eigenvalue weighted by Gasteiger charge is 2.05. The number of hydrogen-bond donors (Lipinski definition) is 1. The van der Waals surface area contributed by atoms with E-state index in [1.165, 1.54) is 20.9 Å². The summed E-state index contributed by atoms with van der Waals surface area (Å²) in [5.41, 5.74) is 2.75. The van der Waals surface area contributed by atoms with Crippen LogP contribution in [0, 0.1) is 13.8 Å². The molecule has 0 fully saturated rings. The molecule has 19 heavy (non-hydrogen) atoms. The minimum atomic E-state index is 0.585. The molecule has 1 aromatic carbocycles. The number of thioether (sulfide) groups is 1. The number of hydrogen-bond acceptors (Lipinski definition) is 3. The van der Waals surface area contributed by atoms with E-state index in [0.717, 1.165) is 13.1 Å². The topological polar surface area (TPSA) is 12.0 Å². The lowest BCUT2D eigenvalue weighted by Gasteiger charge is -2.13. The molecule has 2 aromatic rings. The van der Waals surface area contributed by atoms with Crippen molar-refractivity contribution in [3.05, 3.63) is 51.7 Å². The Morgan fingerprint density at radius 2 is 2.05 bits per heavy atom. The molecule has 1 atom stereocenters. The van der Waals surface area contributed by atoms with Crippen LogP contribution >= 0.6 is 23.1 Å². The van der Waals surface area contributed by atoms with Crippen LogP contribution in [0.3, 0.4) is 0 Å². The average molecular weight is 291 g/mol. The van der Waals surface area contributed by atoms with Crippen LogP contribution in [0.15, 0.2) is 40.6 Å². The van der Waals surface area contributed by atoms with Crippen LogP contribution in [0.5, 0.6) is 0 Å². The number of benzene rings is 1. The van der Waals surface area contributed by atoms with Gasteiger partial charge in [0.15, 0.2) is 0 Å². The van der Waals surface area contributed by atoms with Gasteiger partial charge in [-0.2, -0.15) is 0 Å². The maximum absolute atomic E-state index is 3.52. The van der Waals surface area contributed by atoms with Crippen molar-refractivity contribution in [1.82, 2.24) is 5.32 Å². The molecule has 1 aromatic heterocycles. The number of nitrogens with one attached hydrogen (secondary N) is 1.